The van der Waals surface area contributed by atoms with Crippen LogP contribution in [0.3, 0.4) is 0 Å². The number of hydrogen-bond donors (Lipinski definition) is 3. The van der Waals surface area contributed by atoms with Crippen molar-refractivity contribution in [1.29, 1.82) is 0 Å². The number of alkyl halides is 2. The average molecular weight is 682 g/mol. The number of allylic oxidation sites excluding steroid dienone is 3. The van der Waals surface area contributed by atoms with Gasteiger partial charge < -0.3 is 20.7 Å². The fraction of sp³-hybridized carbons (Fsp3) is 0.250. The first-order valence-corrected chi connectivity index (χ1v) is 15.2. The van der Waals surface area contributed by atoms with Crippen molar-refractivity contribution in [2.75, 3.05) is 29.6 Å². The number of amides is 2. The van der Waals surface area contributed by atoms with Gasteiger partial charge in [-0.3, -0.25) is 9.59 Å². The summed E-state index contributed by atoms with van der Waals surface area (Å²) in [5.74, 6) is -1.26. The lowest BCUT2D eigenvalue weighted by molar-refractivity contribution is -0.117. The molecule has 0 bridgehead atoms. The Morgan fingerprint density at radius 3 is 2.23 bits per heavy atom. The second-order valence-corrected chi connectivity index (χ2v) is 13.1. The number of nitrogens with one attached hydrogen (secondary N) is 3. The van der Waals surface area contributed by atoms with Crippen LogP contribution >= 0.6 is 58.0 Å². The monoisotopic (exact) mass is 679 g/mol. The van der Waals surface area contributed by atoms with Gasteiger partial charge in [0, 0.05) is 39.6 Å². The standard InChI is InChI=1S/C32H30Cl5N3O3/c1-17(5-6-19(3)43-4)16-38-23-8-10-27(18(2)11-23)40-30(41)25-15-24(7-9-26(25)35)39-31(42)29-28(32(29,36)37)20-12-21(33)14-22(34)13-20/h5-15,28-29,38H,16H2,1-4H3,(H,39,42)(H,40,41)/b17-5+,19-6+. The zero-order valence-corrected chi connectivity index (χ0v) is 27.6. The Bertz CT molecular complexity index is 1600. The van der Waals surface area contributed by atoms with Crippen molar-refractivity contribution in [3.05, 3.63) is 110 Å². The number of carbonyl (C=O) groups excluding carboxylic acids is 2. The summed E-state index contributed by atoms with van der Waals surface area (Å²) < 4.78 is 3.81. The lowest BCUT2D eigenvalue weighted by Crippen LogP contribution is -2.18. The Morgan fingerprint density at radius 2 is 1.58 bits per heavy atom. The summed E-state index contributed by atoms with van der Waals surface area (Å²) in [4.78, 5) is 26.4. The van der Waals surface area contributed by atoms with E-state index < -0.39 is 28.0 Å². The summed E-state index contributed by atoms with van der Waals surface area (Å²) in [6.07, 6.45) is 3.91. The molecule has 3 aromatic carbocycles. The molecule has 0 heterocycles. The number of carbonyl (C=O) groups is 2. The van der Waals surface area contributed by atoms with E-state index in [1.54, 1.807) is 37.4 Å². The van der Waals surface area contributed by atoms with Crippen LogP contribution in [0.4, 0.5) is 17.1 Å². The third-order valence-electron chi connectivity index (χ3n) is 7.03. The molecule has 2 amide bonds. The predicted octanol–water partition coefficient (Wildman–Crippen LogP) is 9.64. The summed E-state index contributed by atoms with van der Waals surface area (Å²) in [5, 5.41) is 10.1. The predicted molar refractivity (Wildman–Crippen MR) is 179 cm³/mol. The minimum atomic E-state index is -1.33. The smallest absolute Gasteiger partial charge is 0.257 e. The van der Waals surface area contributed by atoms with Crippen molar-refractivity contribution >= 4 is 86.9 Å². The summed E-state index contributed by atoms with van der Waals surface area (Å²) in [5.41, 5.74) is 4.75. The minimum Gasteiger partial charge on any atom is -0.501 e. The van der Waals surface area contributed by atoms with Gasteiger partial charge in [-0.05, 0) is 92.6 Å². The van der Waals surface area contributed by atoms with Gasteiger partial charge in [0.2, 0.25) is 5.91 Å². The molecule has 1 fully saturated rings. The zero-order chi connectivity index (χ0) is 31.5. The number of aryl methyl sites for hydroxylation is 1. The fourth-order valence-corrected chi connectivity index (χ4v) is 6.13. The first-order valence-electron chi connectivity index (χ1n) is 13.3. The van der Waals surface area contributed by atoms with Crippen LogP contribution in [-0.2, 0) is 9.53 Å². The van der Waals surface area contributed by atoms with Crippen LogP contribution in [0.25, 0.3) is 0 Å². The number of anilines is 3. The maximum Gasteiger partial charge on any atom is 0.257 e. The second-order valence-electron chi connectivity index (χ2n) is 10.3. The van der Waals surface area contributed by atoms with Gasteiger partial charge in [-0.15, -0.1) is 23.2 Å². The SMILES string of the molecule is CO/C(C)=C/C=C(\C)CNc1ccc(NC(=O)c2cc(NC(=O)C3C(c4cc(Cl)cc(Cl)c4)C3(Cl)Cl)ccc2Cl)c(C)c1. The summed E-state index contributed by atoms with van der Waals surface area (Å²) in [6, 6.07) is 15.2. The van der Waals surface area contributed by atoms with Gasteiger partial charge >= 0.3 is 0 Å². The largest absolute Gasteiger partial charge is 0.501 e. The molecule has 1 saturated carbocycles. The van der Waals surface area contributed by atoms with E-state index in [0.717, 1.165) is 22.6 Å². The molecule has 0 aliphatic heterocycles. The van der Waals surface area contributed by atoms with Crippen LogP contribution in [0.5, 0.6) is 0 Å². The highest BCUT2D eigenvalue weighted by Crippen LogP contribution is 2.65. The second kappa shape index (κ2) is 13.8. The Hall–Kier alpha value is -2.87. The highest BCUT2D eigenvalue weighted by molar-refractivity contribution is 6.53. The Morgan fingerprint density at radius 1 is 0.907 bits per heavy atom. The molecule has 226 valence electrons. The van der Waals surface area contributed by atoms with Crippen molar-refractivity contribution in [3.8, 4) is 0 Å². The first-order chi connectivity index (χ1) is 20.3. The van der Waals surface area contributed by atoms with E-state index in [4.69, 9.17) is 62.7 Å². The van der Waals surface area contributed by atoms with Crippen molar-refractivity contribution in [3.63, 3.8) is 0 Å². The molecule has 0 aromatic heterocycles. The molecule has 43 heavy (non-hydrogen) atoms. The van der Waals surface area contributed by atoms with Crippen LogP contribution in [-0.4, -0.2) is 29.8 Å². The number of hydrogen-bond acceptors (Lipinski definition) is 4. The first kappa shape index (κ1) is 33.0. The normalized spacial score (nSPS) is 17.7. The lowest BCUT2D eigenvalue weighted by atomic mass is 10.1. The number of halogens is 5. The Kier molecular flexibility index (Phi) is 10.6. The third-order valence-corrected chi connectivity index (χ3v) is 8.74. The van der Waals surface area contributed by atoms with Crippen molar-refractivity contribution in [2.24, 2.45) is 5.92 Å². The highest BCUT2D eigenvalue weighted by atomic mass is 35.5. The molecular formula is C32H30Cl5N3O3. The Balaban J connectivity index is 1.41. The van der Waals surface area contributed by atoms with E-state index >= 15 is 0 Å². The summed E-state index contributed by atoms with van der Waals surface area (Å²) in [7, 11) is 1.63. The molecule has 2 unspecified atom stereocenters. The molecule has 0 radical (unpaired) electrons. The molecule has 1 aliphatic rings. The minimum absolute atomic E-state index is 0.193. The van der Waals surface area contributed by atoms with E-state index in [1.807, 2.05) is 51.1 Å². The van der Waals surface area contributed by atoms with Gasteiger partial charge in [0.15, 0.2) is 0 Å². The van der Waals surface area contributed by atoms with Gasteiger partial charge in [-0.2, -0.15) is 0 Å². The van der Waals surface area contributed by atoms with Crippen LogP contribution in [0.1, 0.15) is 41.3 Å². The van der Waals surface area contributed by atoms with Crippen LogP contribution in [0.2, 0.25) is 15.1 Å². The molecule has 3 N–H and O–H groups in total. The van der Waals surface area contributed by atoms with Gasteiger partial charge in [0.1, 0.15) is 4.33 Å². The van der Waals surface area contributed by atoms with Gasteiger partial charge in [-0.1, -0.05) is 46.5 Å². The van der Waals surface area contributed by atoms with E-state index in [0.29, 0.717) is 33.5 Å². The van der Waals surface area contributed by atoms with Crippen LogP contribution in [0.15, 0.2) is 78.1 Å². The highest BCUT2D eigenvalue weighted by Gasteiger charge is 2.67. The molecule has 3 aromatic rings. The summed E-state index contributed by atoms with van der Waals surface area (Å²) in [6.45, 7) is 6.46. The van der Waals surface area contributed by atoms with Gasteiger partial charge in [-0.25, -0.2) is 0 Å². The zero-order valence-electron chi connectivity index (χ0n) is 23.8. The number of rotatable bonds is 10. The molecule has 2 atom stereocenters. The van der Waals surface area contributed by atoms with Crippen LogP contribution < -0.4 is 16.0 Å². The number of ether oxygens (including phenoxy) is 1. The van der Waals surface area contributed by atoms with Crippen molar-refractivity contribution < 1.29 is 14.3 Å². The average Bonchev–Trinajstić information content (AvgIpc) is 3.54. The van der Waals surface area contributed by atoms with Gasteiger partial charge in [0.05, 0.1) is 29.4 Å². The molecule has 4 rings (SSSR count). The molecule has 6 nitrogen and oxygen atoms in total. The topological polar surface area (TPSA) is 79.5 Å². The quantitative estimate of drug-likeness (QED) is 0.113. The summed E-state index contributed by atoms with van der Waals surface area (Å²) >= 11 is 31.6. The number of benzene rings is 3. The molecule has 1 aliphatic carbocycles. The maximum absolute atomic E-state index is 13.2. The van der Waals surface area contributed by atoms with Gasteiger partial charge in [0.25, 0.3) is 5.91 Å². The van der Waals surface area contributed by atoms with E-state index in [9.17, 15) is 9.59 Å². The van der Waals surface area contributed by atoms with E-state index in [-0.39, 0.29) is 10.6 Å². The molecule has 0 spiro atoms. The number of methoxy groups -OCH3 is 1. The van der Waals surface area contributed by atoms with Crippen LogP contribution in [0, 0.1) is 12.8 Å². The van der Waals surface area contributed by atoms with Crippen molar-refractivity contribution in [2.45, 2.75) is 31.0 Å². The van der Waals surface area contributed by atoms with E-state index in [2.05, 4.69) is 16.0 Å². The molecule has 11 heteroatoms. The third kappa shape index (κ3) is 8.20. The molecular weight excluding hydrogens is 652 g/mol. The maximum atomic E-state index is 13.2. The fourth-order valence-electron chi connectivity index (χ4n) is 4.55. The Labute approximate surface area is 276 Å². The lowest BCUT2D eigenvalue weighted by Gasteiger charge is -2.13. The van der Waals surface area contributed by atoms with E-state index in [1.165, 1.54) is 6.07 Å². The molecule has 0 saturated heterocycles. The van der Waals surface area contributed by atoms with Crippen molar-refractivity contribution in [1.82, 2.24) is 0 Å².